The molecule has 0 radical (unpaired) electrons. The zero-order valence-electron chi connectivity index (χ0n) is 15.1. The van der Waals surface area contributed by atoms with Gasteiger partial charge in [0.05, 0.1) is 0 Å². The van der Waals surface area contributed by atoms with Crippen molar-refractivity contribution in [2.45, 2.75) is 51.7 Å². The number of nitrogens with zero attached hydrogens (tertiary/aromatic N) is 1. The van der Waals surface area contributed by atoms with Crippen LogP contribution in [0.3, 0.4) is 0 Å². The van der Waals surface area contributed by atoms with Crippen LogP contribution in [0, 0.1) is 0 Å². The highest BCUT2D eigenvalue weighted by molar-refractivity contribution is 5.68. The van der Waals surface area contributed by atoms with Crippen molar-refractivity contribution < 1.29 is 9.53 Å². The lowest BCUT2D eigenvalue weighted by Gasteiger charge is -2.33. The fraction of sp³-hybridized carbons (Fsp3) is 0.550. The third-order valence-corrected chi connectivity index (χ3v) is 3.95. The molecule has 1 aromatic carbocycles. The van der Waals surface area contributed by atoms with Gasteiger partial charge in [-0.05, 0) is 52.1 Å². The molecule has 1 N–H and O–H groups in total. The minimum absolute atomic E-state index is 0.187. The molecule has 4 nitrogen and oxygen atoms in total. The summed E-state index contributed by atoms with van der Waals surface area (Å²) in [5, 5.41) is 3.00. The van der Waals surface area contributed by atoms with Gasteiger partial charge in [0.2, 0.25) is 0 Å². The molecule has 1 saturated heterocycles. The lowest BCUT2D eigenvalue weighted by Crippen LogP contribution is -2.49. The fourth-order valence-electron chi connectivity index (χ4n) is 2.89. The molecule has 0 aromatic heterocycles. The number of ether oxygens (including phenoxy) is 1. The van der Waals surface area contributed by atoms with Crippen molar-refractivity contribution in [2.75, 3.05) is 19.6 Å². The second-order valence-electron chi connectivity index (χ2n) is 7.39. The zero-order valence-corrected chi connectivity index (χ0v) is 15.1. The lowest BCUT2D eigenvalue weighted by atomic mass is 10.1. The SMILES string of the molecule is CC(C)(C)OC(=O)N[C@@H]1CCCN(CC/C=C/c2ccccc2)C1. The molecule has 1 heterocycles. The van der Waals surface area contributed by atoms with Crippen LogP contribution >= 0.6 is 0 Å². The molecule has 1 aliphatic heterocycles. The van der Waals surface area contributed by atoms with Gasteiger partial charge in [-0.3, -0.25) is 0 Å². The number of hydrogen-bond donors (Lipinski definition) is 1. The highest BCUT2D eigenvalue weighted by Crippen LogP contribution is 2.13. The van der Waals surface area contributed by atoms with E-state index in [0.29, 0.717) is 0 Å². The van der Waals surface area contributed by atoms with Gasteiger partial charge in [0.15, 0.2) is 0 Å². The Bertz CT molecular complexity index is 534. The van der Waals surface area contributed by atoms with E-state index in [1.54, 1.807) is 0 Å². The van der Waals surface area contributed by atoms with Crippen molar-refractivity contribution in [3.63, 3.8) is 0 Å². The van der Waals surface area contributed by atoms with Gasteiger partial charge < -0.3 is 15.0 Å². The van der Waals surface area contributed by atoms with Crippen LogP contribution in [-0.4, -0.2) is 42.3 Å². The van der Waals surface area contributed by atoms with Crippen LogP contribution in [0.15, 0.2) is 36.4 Å². The van der Waals surface area contributed by atoms with Crippen LogP contribution in [0.25, 0.3) is 6.08 Å². The summed E-state index contributed by atoms with van der Waals surface area (Å²) in [6, 6.07) is 10.5. The summed E-state index contributed by atoms with van der Waals surface area (Å²) < 4.78 is 5.34. The zero-order chi connectivity index (χ0) is 17.4. The molecule has 0 aliphatic carbocycles. The Morgan fingerprint density at radius 2 is 2.08 bits per heavy atom. The first-order valence-electron chi connectivity index (χ1n) is 8.86. The van der Waals surface area contributed by atoms with Crippen molar-refractivity contribution in [1.82, 2.24) is 10.2 Å². The maximum atomic E-state index is 11.9. The number of rotatable bonds is 5. The molecule has 132 valence electrons. The van der Waals surface area contributed by atoms with Crippen molar-refractivity contribution in [3.8, 4) is 0 Å². The van der Waals surface area contributed by atoms with Crippen molar-refractivity contribution >= 4 is 12.2 Å². The average Bonchev–Trinajstić information content (AvgIpc) is 2.51. The van der Waals surface area contributed by atoms with Gasteiger partial charge in [0, 0.05) is 19.1 Å². The molecular weight excluding hydrogens is 300 g/mol. The molecule has 4 heteroatoms. The van der Waals surface area contributed by atoms with Crippen molar-refractivity contribution in [3.05, 3.63) is 42.0 Å². The van der Waals surface area contributed by atoms with Crippen LogP contribution in [0.5, 0.6) is 0 Å². The fourth-order valence-corrected chi connectivity index (χ4v) is 2.89. The molecule has 0 unspecified atom stereocenters. The first kappa shape index (κ1) is 18.5. The van der Waals surface area contributed by atoms with E-state index >= 15 is 0 Å². The smallest absolute Gasteiger partial charge is 0.407 e. The molecule has 0 spiro atoms. The second-order valence-corrected chi connectivity index (χ2v) is 7.39. The van der Waals surface area contributed by atoms with Gasteiger partial charge in [-0.2, -0.15) is 0 Å². The van der Waals surface area contributed by atoms with Crippen molar-refractivity contribution in [2.24, 2.45) is 0 Å². The largest absolute Gasteiger partial charge is 0.444 e. The Labute approximate surface area is 145 Å². The Morgan fingerprint density at radius 3 is 2.79 bits per heavy atom. The molecule has 1 atom stereocenters. The number of amides is 1. The molecule has 1 fully saturated rings. The maximum Gasteiger partial charge on any atom is 0.407 e. The maximum absolute atomic E-state index is 11.9. The number of likely N-dealkylation sites (tertiary alicyclic amines) is 1. The summed E-state index contributed by atoms with van der Waals surface area (Å²) in [7, 11) is 0. The van der Waals surface area contributed by atoms with Gasteiger partial charge in [0.1, 0.15) is 5.60 Å². The molecule has 1 aromatic rings. The number of benzene rings is 1. The summed E-state index contributed by atoms with van der Waals surface area (Å²) in [6.45, 7) is 8.69. The van der Waals surface area contributed by atoms with Crippen LogP contribution in [-0.2, 0) is 4.74 Å². The van der Waals surface area contributed by atoms with Gasteiger partial charge in [-0.25, -0.2) is 4.79 Å². The number of alkyl carbamates (subject to hydrolysis) is 1. The first-order valence-corrected chi connectivity index (χ1v) is 8.86. The Kier molecular flexibility index (Phi) is 6.85. The summed E-state index contributed by atoms with van der Waals surface area (Å²) in [4.78, 5) is 14.3. The van der Waals surface area contributed by atoms with Crippen LogP contribution in [0.4, 0.5) is 4.79 Å². The number of carbonyl (C=O) groups is 1. The standard InChI is InChI=1S/C20H30N2O2/c1-20(2,3)24-19(23)21-18-13-9-15-22(16-18)14-8-7-12-17-10-5-4-6-11-17/h4-7,10-12,18H,8-9,13-16H2,1-3H3,(H,21,23)/b12-7+/t18-/m1/s1. The van der Waals surface area contributed by atoms with Gasteiger partial charge in [-0.15, -0.1) is 0 Å². The molecule has 24 heavy (non-hydrogen) atoms. The highest BCUT2D eigenvalue weighted by atomic mass is 16.6. The predicted octanol–water partition coefficient (Wildman–Crippen LogP) is 4.08. The minimum atomic E-state index is -0.444. The summed E-state index contributed by atoms with van der Waals surface area (Å²) in [5.41, 5.74) is 0.793. The Hall–Kier alpha value is -1.81. The number of carbonyl (C=O) groups excluding carboxylic acids is 1. The number of nitrogens with one attached hydrogen (secondary N) is 1. The third kappa shape index (κ3) is 7.18. The quantitative estimate of drug-likeness (QED) is 0.884. The summed E-state index contributed by atoms with van der Waals surface area (Å²) >= 11 is 0. The second kappa shape index (κ2) is 8.88. The number of hydrogen-bond acceptors (Lipinski definition) is 3. The molecular formula is C20H30N2O2. The van der Waals surface area contributed by atoms with Gasteiger partial charge in [0.25, 0.3) is 0 Å². The van der Waals surface area contributed by atoms with E-state index in [2.05, 4.69) is 46.6 Å². The predicted molar refractivity (Wildman–Crippen MR) is 98.9 cm³/mol. The van der Waals surface area contributed by atoms with E-state index in [4.69, 9.17) is 4.74 Å². The van der Waals surface area contributed by atoms with Gasteiger partial charge >= 0.3 is 6.09 Å². The average molecular weight is 330 g/mol. The molecule has 1 amide bonds. The normalized spacial score (nSPS) is 19.4. The van der Waals surface area contributed by atoms with Crippen molar-refractivity contribution in [1.29, 1.82) is 0 Å². The van der Waals surface area contributed by atoms with E-state index in [1.165, 1.54) is 5.56 Å². The van der Waals surface area contributed by atoms with E-state index < -0.39 is 5.60 Å². The van der Waals surface area contributed by atoms with E-state index in [9.17, 15) is 4.79 Å². The molecule has 0 saturated carbocycles. The summed E-state index contributed by atoms with van der Waals surface area (Å²) in [5.74, 6) is 0. The Balaban J connectivity index is 1.71. The lowest BCUT2D eigenvalue weighted by molar-refractivity contribution is 0.0473. The van der Waals surface area contributed by atoms with E-state index in [0.717, 1.165) is 38.9 Å². The third-order valence-electron chi connectivity index (χ3n) is 3.95. The van der Waals surface area contributed by atoms with E-state index in [1.807, 2.05) is 26.8 Å². The van der Waals surface area contributed by atoms with Crippen LogP contribution < -0.4 is 5.32 Å². The molecule has 2 rings (SSSR count). The Morgan fingerprint density at radius 1 is 1.33 bits per heavy atom. The highest BCUT2D eigenvalue weighted by Gasteiger charge is 2.23. The number of piperidine rings is 1. The topological polar surface area (TPSA) is 41.6 Å². The van der Waals surface area contributed by atoms with Crippen LogP contribution in [0.2, 0.25) is 0 Å². The first-order chi connectivity index (χ1) is 11.4. The minimum Gasteiger partial charge on any atom is -0.444 e. The van der Waals surface area contributed by atoms with Gasteiger partial charge in [-0.1, -0.05) is 42.5 Å². The molecule has 1 aliphatic rings. The van der Waals surface area contributed by atoms with Crippen LogP contribution in [0.1, 0.15) is 45.6 Å². The summed E-state index contributed by atoms with van der Waals surface area (Å²) in [6.07, 6.45) is 7.24. The molecule has 0 bridgehead atoms. The monoisotopic (exact) mass is 330 g/mol. The van der Waals surface area contributed by atoms with E-state index in [-0.39, 0.29) is 12.1 Å².